The highest BCUT2D eigenvalue weighted by molar-refractivity contribution is 9.10. The van der Waals surface area contributed by atoms with Crippen molar-refractivity contribution in [3.8, 4) is 0 Å². The van der Waals surface area contributed by atoms with Crippen LogP contribution in [0.1, 0.15) is 5.82 Å². The van der Waals surface area contributed by atoms with Crippen molar-refractivity contribution in [1.82, 2.24) is 9.97 Å². The zero-order chi connectivity index (χ0) is 16.7. The van der Waals surface area contributed by atoms with Crippen molar-refractivity contribution in [3.05, 3.63) is 68.9 Å². The normalized spacial score (nSPS) is 11.2. The summed E-state index contributed by atoms with van der Waals surface area (Å²) in [6.45, 7) is 0.187. The summed E-state index contributed by atoms with van der Waals surface area (Å²) in [5.74, 6) is 0.0389. The molecule has 7 heteroatoms. The maximum Gasteiger partial charge on any atom is 0.294 e. The van der Waals surface area contributed by atoms with Gasteiger partial charge in [0.2, 0.25) is 5.58 Å². The minimum Gasteiger partial charge on any atom is -0.449 e. The zero-order valence-corrected chi connectivity index (χ0v) is 13.9. The first kappa shape index (κ1) is 14.9. The predicted octanol–water partition coefficient (Wildman–Crippen LogP) is 4.18. The third kappa shape index (κ3) is 2.56. The van der Waals surface area contributed by atoms with E-state index in [0.717, 1.165) is 9.86 Å². The fraction of sp³-hybridized carbons (Fsp3) is 0.0588. The van der Waals surface area contributed by atoms with Crippen LogP contribution in [-0.4, -0.2) is 9.97 Å². The molecule has 0 saturated heterocycles. The first-order chi connectivity index (χ1) is 11.6. The molecular weight excluding hydrogens is 377 g/mol. The number of anilines is 1. The lowest BCUT2D eigenvalue weighted by Gasteiger charge is -2.06. The molecule has 0 atom stereocenters. The number of nitrogens with one attached hydrogen (secondary N) is 2. The van der Waals surface area contributed by atoms with E-state index in [0.29, 0.717) is 22.6 Å². The average molecular weight is 388 g/mol. The average Bonchev–Trinajstić information content (AvgIpc) is 2.93. The number of benzene rings is 2. The summed E-state index contributed by atoms with van der Waals surface area (Å²) in [7, 11) is 0. The number of hydrogen-bond acceptors (Lipinski definition) is 4. The highest BCUT2D eigenvalue weighted by Gasteiger charge is 2.13. The fourth-order valence-electron chi connectivity index (χ4n) is 2.54. The van der Waals surface area contributed by atoms with Crippen LogP contribution in [0.25, 0.3) is 22.1 Å². The van der Waals surface area contributed by atoms with Crippen molar-refractivity contribution in [2.24, 2.45) is 0 Å². The molecule has 0 spiro atoms. The van der Waals surface area contributed by atoms with E-state index < -0.39 is 0 Å². The number of para-hydroxylation sites is 1. The minimum atomic E-state index is -0.363. The van der Waals surface area contributed by atoms with Crippen molar-refractivity contribution in [2.75, 3.05) is 5.32 Å². The largest absolute Gasteiger partial charge is 0.449 e. The summed E-state index contributed by atoms with van der Waals surface area (Å²) < 4.78 is 20.1. The predicted molar refractivity (Wildman–Crippen MR) is 93.6 cm³/mol. The van der Waals surface area contributed by atoms with Crippen LogP contribution >= 0.6 is 15.9 Å². The minimum absolute atomic E-state index is 0.178. The quantitative estimate of drug-likeness (QED) is 0.552. The van der Waals surface area contributed by atoms with Crippen LogP contribution in [0.4, 0.5) is 10.1 Å². The van der Waals surface area contributed by atoms with E-state index >= 15 is 0 Å². The summed E-state index contributed by atoms with van der Waals surface area (Å²) in [5.41, 5.74) is 1.24. The number of H-pyrrole nitrogens is 1. The van der Waals surface area contributed by atoms with Crippen LogP contribution in [-0.2, 0) is 6.54 Å². The number of furan rings is 1. The number of halogens is 2. The van der Waals surface area contributed by atoms with Crippen LogP contribution in [0.5, 0.6) is 0 Å². The Morgan fingerprint density at radius 3 is 2.92 bits per heavy atom. The van der Waals surface area contributed by atoms with Gasteiger partial charge in [-0.1, -0.05) is 28.1 Å². The Kier molecular flexibility index (Phi) is 3.57. The van der Waals surface area contributed by atoms with Crippen LogP contribution < -0.4 is 10.9 Å². The van der Waals surface area contributed by atoms with Gasteiger partial charge in [0.05, 0.1) is 12.2 Å². The smallest absolute Gasteiger partial charge is 0.294 e. The van der Waals surface area contributed by atoms with Gasteiger partial charge in [-0.3, -0.25) is 4.79 Å². The second kappa shape index (κ2) is 5.76. The zero-order valence-electron chi connectivity index (χ0n) is 12.3. The van der Waals surface area contributed by atoms with Gasteiger partial charge >= 0.3 is 0 Å². The maximum atomic E-state index is 13.7. The number of aromatic nitrogens is 2. The van der Waals surface area contributed by atoms with E-state index in [1.54, 1.807) is 24.3 Å². The molecule has 0 aliphatic carbocycles. The van der Waals surface area contributed by atoms with Crippen LogP contribution in [0.3, 0.4) is 0 Å². The standard InChI is InChI=1S/C17H11BrFN3O2/c18-9-5-6-13-10(7-9)15-16(24-13)17(23)22-14(21-15)8-20-12-4-2-1-3-11(12)19/h1-7,20H,8H2,(H,21,22,23). The van der Waals surface area contributed by atoms with E-state index in [2.05, 4.69) is 31.2 Å². The SMILES string of the molecule is O=c1[nH]c(CNc2ccccc2F)nc2c1oc1ccc(Br)cc12. The van der Waals surface area contributed by atoms with Gasteiger partial charge in [-0.25, -0.2) is 9.37 Å². The van der Waals surface area contributed by atoms with Crippen molar-refractivity contribution >= 4 is 43.7 Å². The number of fused-ring (bicyclic) bond motifs is 3. The van der Waals surface area contributed by atoms with E-state index in [-0.39, 0.29) is 23.5 Å². The molecule has 24 heavy (non-hydrogen) atoms. The summed E-state index contributed by atoms with van der Waals surface area (Å²) in [4.78, 5) is 19.3. The fourth-order valence-corrected chi connectivity index (χ4v) is 2.90. The Bertz CT molecular complexity index is 1120. The lowest BCUT2D eigenvalue weighted by Crippen LogP contribution is -2.14. The molecule has 2 aromatic carbocycles. The Balaban J connectivity index is 1.76. The molecular formula is C17H11BrFN3O2. The molecule has 0 unspecified atom stereocenters. The van der Waals surface area contributed by atoms with Crippen LogP contribution in [0, 0.1) is 5.82 Å². The molecule has 0 aliphatic heterocycles. The van der Waals surface area contributed by atoms with Gasteiger partial charge in [-0.15, -0.1) is 0 Å². The molecule has 0 saturated carbocycles. The monoisotopic (exact) mass is 387 g/mol. The summed E-state index contributed by atoms with van der Waals surface area (Å²) in [6.07, 6.45) is 0. The molecule has 0 radical (unpaired) electrons. The van der Waals surface area contributed by atoms with Crippen molar-refractivity contribution in [1.29, 1.82) is 0 Å². The molecule has 0 amide bonds. The maximum absolute atomic E-state index is 13.7. The number of hydrogen-bond donors (Lipinski definition) is 2. The first-order valence-corrected chi connectivity index (χ1v) is 8.00. The Labute approximate surface area is 143 Å². The highest BCUT2D eigenvalue weighted by Crippen LogP contribution is 2.27. The summed E-state index contributed by atoms with van der Waals surface area (Å²) >= 11 is 3.40. The van der Waals surface area contributed by atoms with E-state index in [1.165, 1.54) is 6.07 Å². The van der Waals surface area contributed by atoms with Gasteiger partial charge in [0.1, 0.15) is 22.7 Å². The van der Waals surface area contributed by atoms with Crippen molar-refractivity contribution < 1.29 is 8.81 Å². The molecule has 4 aromatic rings. The van der Waals surface area contributed by atoms with E-state index in [9.17, 15) is 9.18 Å². The van der Waals surface area contributed by atoms with Crippen molar-refractivity contribution in [2.45, 2.75) is 6.54 Å². The molecule has 0 bridgehead atoms. The Morgan fingerprint density at radius 1 is 1.25 bits per heavy atom. The third-order valence-electron chi connectivity index (χ3n) is 3.65. The molecule has 2 aromatic heterocycles. The second-order valence-corrected chi connectivity index (χ2v) is 6.18. The lowest BCUT2D eigenvalue weighted by atomic mass is 10.2. The molecule has 0 fully saturated rings. The van der Waals surface area contributed by atoms with Crippen LogP contribution in [0.15, 0.2) is 56.1 Å². The lowest BCUT2D eigenvalue weighted by molar-refractivity contribution is 0.629. The molecule has 2 heterocycles. The Hall–Kier alpha value is -2.67. The summed E-state index contributed by atoms with van der Waals surface area (Å²) in [5, 5.41) is 3.67. The van der Waals surface area contributed by atoms with Gasteiger partial charge in [-0.05, 0) is 30.3 Å². The number of rotatable bonds is 3. The first-order valence-electron chi connectivity index (χ1n) is 7.21. The van der Waals surface area contributed by atoms with E-state index in [4.69, 9.17) is 4.42 Å². The van der Waals surface area contributed by atoms with Crippen LogP contribution in [0.2, 0.25) is 0 Å². The van der Waals surface area contributed by atoms with Gasteiger partial charge < -0.3 is 14.7 Å². The molecule has 4 rings (SSSR count). The second-order valence-electron chi connectivity index (χ2n) is 5.27. The third-order valence-corrected chi connectivity index (χ3v) is 4.15. The number of aromatic amines is 1. The number of nitrogens with zero attached hydrogens (tertiary/aromatic N) is 1. The molecule has 5 nitrogen and oxygen atoms in total. The van der Waals surface area contributed by atoms with E-state index in [1.807, 2.05) is 12.1 Å². The topological polar surface area (TPSA) is 70.9 Å². The van der Waals surface area contributed by atoms with Gasteiger partial charge in [0.15, 0.2) is 0 Å². The van der Waals surface area contributed by atoms with Crippen molar-refractivity contribution in [3.63, 3.8) is 0 Å². The molecule has 120 valence electrons. The Morgan fingerprint density at radius 2 is 2.08 bits per heavy atom. The molecule has 0 aliphatic rings. The van der Waals surface area contributed by atoms with Gasteiger partial charge in [0, 0.05) is 9.86 Å². The highest BCUT2D eigenvalue weighted by atomic mass is 79.9. The summed E-state index contributed by atoms with van der Waals surface area (Å²) in [6, 6.07) is 11.8. The van der Waals surface area contributed by atoms with Gasteiger partial charge in [-0.2, -0.15) is 0 Å². The molecule has 2 N–H and O–H groups in total. The van der Waals surface area contributed by atoms with Gasteiger partial charge in [0.25, 0.3) is 5.56 Å².